The first-order chi connectivity index (χ1) is 11.5. The van der Waals surface area contributed by atoms with Crippen molar-refractivity contribution in [1.82, 2.24) is 15.2 Å². The van der Waals surface area contributed by atoms with Gasteiger partial charge in [-0.05, 0) is 62.2 Å². The van der Waals surface area contributed by atoms with Crippen LogP contribution in [0.1, 0.15) is 48.6 Å². The summed E-state index contributed by atoms with van der Waals surface area (Å²) in [6, 6.07) is 2.28. The Morgan fingerprint density at radius 2 is 2.12 bits per heavy atom. The SMILES string of the molecule is Cc1ncc2c(c1C#N)CCN(C(=O)C1(C)CC13CCNCC3)C2.Cl. The molecule has 1 N–H and O–H groups in total. The molecule has 3 heterocycles. The van der Waals surface area contributed by atoms with Crippen LogP contribution in [0.5, 0.6) is 0 Å². The van der Waals surface area contributed by atoms with Crippen LogP contribution in [-0.4, -0.2) is 35.4 Å². The molecule has 2 fully saturated rings. The Balaban J connectivity index is 0.00000182. The van der Waals surface area contributed by atoms with Crippen LogP contribution in [0.25, 0.3) is 0 Å². The first-order valence-corrected chi connectivity index (χ1v) is 8.88. The third-order valence-electron chi connectivity index (χ3n) is 6.63. The van der Waals surface area contributed by atoms with E-state index in [0.29, 0.717) is 24.6 Å². The third kappa shape index (κ3) is 2.63. The van der Waals surface area contributed by atoms with E-state index >= 15 is 0 Å². The van der Waals surface area contributed by atoms with Gasteiger partial charge in [-0.15, -0.1) is 12.4 Å². The number of carbonyl (C=O) groups excluding carboxylic acids is 1. The number of fused-ring (bicyclic) bond motifs is 1. The summed E-state index contributed by atoms with van der Waals surface area (Å²) < 4.78 is 0. The quantitative estimate of drug-likeness (QED) is 0.834. The zero-order valence-corrected chi connectivity index (χ0v) is 15.7. The summed E-state index contributed by atoms with van der Waals surface area (Å²) in [7, 11) is 0. The van der Waals surface area contributed by atoms with Crippen molar-refractivity contribution in [2.24, 2.45) is 10.8 Å². The molecule has 1 amide bonds. The summed E-state index contributed by atoms with van der Waals surface area (Å²) in [6.07, 6.45) is 5.86. The molecule has 4 rings (SSSR count). The number of carbonyl (C=O) groups is 1. The Morgan fingerprint density at radius 3 is 2.80 bits per heavy atom. The Labute approximate surface area is 155 Å². The maximum Gasteiger partial charge on any atom is 0.229 e. The van der Waals surface area contributed by atoms with Gasteiger partial charge in [-0.25, -0.2) is 0 Å². The lowest BCUT2D eigenvalue weighted by molar-refractivity contribution is -0.139. The van der Waals surface area contributed by atoms with E-state index in [0.717, 1.165) is 55.6 Å². The van der Waals surface area contributed by atoms with E-state index in [1.807, 2.05) is 18.0 Å². The second-order valence-electron chi connectivity index (χ2n) is 7.85. The van der Waals surface area contributed by atoms with Crippen LogP contribution in [0.3, 0.4) is 0 Å². The molecule has 0 bridgehead atoms. The summed E-state index contributed by atoms with van der Waals surface area (Å²) >= 11 is 0. The molecule has 5 nitrogen and oxygen atoms in total. The van der Waals surface area contributed by atoms with Crippen LogP contribution in [-0.2, 0) is 17.8 Å². The van der Waals surface area contributed by atoms with Crippen molar-refractivity contribution in [3.05, 3.63) is 28.6 Å². The molecule has 3 aliphatic rings. The molecular formula is C19H25ClN4O. The van der Waals surface area contributed by atoms with Gasteiger partial charge in [-0.3, -0.25) is 9.78 Å². The minimum atomic E-state index is -0.192. The molecule has 1 saturated carbocycles. The average molecular weight is 361 g/mol. The number of amides is 1. The smallest absolute Gasteiger partial charge is 0.229 e. The number of aryl methyl sites for hydroxylation is 1. The van der Waals surface area contributed by atoms with Gasteiger partial charge in [-0.1, -0.05) is 6.92 Å². The zero-order valence-electron chi connectivity index (χ0n) is 14.9. The lowest BCUT2D eigenvalue weighted by Crippen LogP contribution is -2.43. The van der Waals surface area contributed by atoms with E-state index in [4.69, 9.17) is 0 Å². The van der Waals surface area contributed by atoms with Crippen molar-refractivity contribution in [1.29, 1.82) is 5.26 Å². The summed E-state index contributed by atoms with van der Waals surface area (Å²) in [5.74, 6) is 0.300. The molecule has 1 atom stereocenters. The number of hydrogen-bond acceptors (Lipinski definition) is 4. The normalized spacial score (nSPS) is 26.4. The molecule has 0 radical (unpaired) electrons. The van der Waals surface area contributed by atoms with Gasteiger partial charge in [-0.2, -0.15) is 5.26 Å². The topological polar surface area (TPSA) is 69.0 Å². The fraction of sp³-hybridized carbons (Fsp3) is 0.632. The van der Waals surface area contributed by atoms with Gasteiger partial charge in [0.1, 0.15) is 6.07 Å². The summed E-state index contributed by atoms with van der Waals surface area (Å²) in [4.78, 5) is 19.6. The van der Waals surface area contributed by atoms with Gasteiger partial charge in [0.05, 0.1) is 16.7 Å². The second kappa shape index (κ2) is 6.26. The highest BCUT2D eigenvalue weighted by Gasteiger charge is 2.68. The number of nitriles is 1. The number of nitrogens with one attached hydrogen (secondary N) is 1. The maximum absolute atomic E-state index is 13.2. The van der Waals surface area contributed by atoms with Crippen LogP contribution >= 0.6 is 12.4 Å². The third-order valence-corrected chi connectivity index (χ3v) is 6.63. The summed E-state index contributed by atoms with van der Waals surface area (Å²) in [6.45, 7) is 7.40. The van der Waals surface area contributed by atoms with Crippen molar-refractivity contribution in [2.75, 3.05) is 19.6 Å². The standard InChI is InChI=1S/C19H24N4O.ClH/c1-13-16(9-20)15-3-8-23(11-14(15)10-22-13)17(24)18(2)12-19(18)4-6-21-7-5-19;/h10,21H,3-8,11-12H2,1-2H3;1H. The maximum atomic E-state index is 13.2. The molecule has 1 aromatic heterocycles. The molecule has 1 aliphatic carbocycles. The van der Waals surface area contributed by atoms with Crippen LogP contribution in [0.15, 0.2) is 6.20 Å². The minimum Gasteiger partial charge on any atom is -0.337 e. The highest BCUT2D eigenvalue weighted by Crippen LogP contribution is 2.69. The number of pyridine rings is 1. The molecule has 6 heteroatoms. The largest absolute Gasteiger partial charge is 0.337 e. The second-order valence-corrected chi connectivity index (χ2v) is 7.85. The van der Waals surface area contributed by atoms with Crippen molar-refractivity contribution in [3.8, 4) is 6.07 Å². The molecule has 1 spiro atoms. The Hall–Kier alpha value is -1.64. The Bertz CT molecular complexity index is 751. The number of halogens is 1. The number of rotatable bonds is 1. The van der Waals surface area contributed by atoms with E-state index in [-0.39, 0.29) is 23.2 Å². The van der Waals surface area contributed by atoms with Gasteiger partial charge in [0.25, 0.3) is 0 Å². The highest BCUT2D eigenvalue weighted by molar-refractivity contribution is 5.87. The number of hydrogen-bond donors (Lipinski definition) is 1. The molecule has 1 unspecified atom stereocenters. The van der Waals surface area contributed by atoms with E-state index in [1.54, 1.807) is 0 Å². The van der Waals surface area contributed by atoms with E-state index < -0.39 is 0 Å². The lowest BCUT2D eigenvalue weighted by Gasteiger charge is -2.34. The molecule has 134 valence electrons. The minimum absolute atomic E-state index is 0. The predicted molar refractivity (Wildman–Crippen MR) is 97.3 cm³/mol. The fourth-order valence-electron chi connectivity index (χ4n) is 4.89. The van der Waals surface area contributed by atoms with Crippen LogP contribution < -0.4 is 5.32 Å². The van der Waals surface area contributed by atoms with Crippen LogP contribution in [0.4, 0.5) is 0 Å². The van der Waals surface area contributed by atoms with Crippen molar-refractivity contribution < 1.29 is 4.79 Å². The number of aromatic nitrogens is 1. The van der Waals surface area contributed by atoms with Gasteiger partial charge in [0.15, 0.2) is 0 Å². The summed E-state index contributed by atoms with van der Waals surface area (Å²) in [5.41, 5.74) is 3.65. The molecule has 25 heavy (non-hydrogen) atoms. The van der Waals surface area contributed by atoms with Crippen LogP contribution in [0, 0.1) is 29.1 Å². The van der Waals surface area contributed by atoms with Gasteiger partial charge >= 0.3 is 0 Å². The fourth-order valence-corrected chi connectivity index (χ4v) is 4.89. The van der Waals surface area contributed by atoms with E-state index in [1.165, 1.54) is 0 Å². The van der Waals surface area contributed by atoms with Crippen LogP contribution in [0.2, 0.25) is 0 Å². The van der Waals surface area contributed by atoms with E-state index in [2.05, 4.69) is 23.3 Å². The number of nitrogens with zero attached hydrogens (tertiary/aromatic N) is 3. The van der Waals surface area contributed by atoms with Gasteiger partial charge in [0, 0.05) is 19.3 Å². The zero-order chi connectivity index (χ0) is 16.9. The Morgan fingerprint density at radius 1 is 1.40 bits per heavy atom. The average Bonchev–Trinajstić information content (AvgIpc) is 3.18. The first kappa shape index (κ1) is 18.2. The van der Waals surface area contributed by atoms with Crippen molar-refractivity contribution in [3.63, 3.8) is 0 Å². The van der Waals surface area contributed by atoms with E-state index in [9.17, 15) is 10.1 Å². The monoisotopic (exact) mass is 360 g/mol. The van der Waals surface area contributed by atoms with Crippen molar-refractivity contribution >= 4 is 18.3 Å². The van der Waals surface area contributed by atoms with Gasteiger partial charge in [0.2, 0.25) is 5.91 Å². The molecule has 0 aromatic carbocycles. The summed E-state index contributed by atoms with van der Waals surface area (Å²) in [5, 5.41) is 12.8. The first-order valence-electron chi connectivity index (χ1n) is 8.88. The molecule has 1 saturated heterocycles. The lowest BCUT2D eigenvalue weighted by atomic mass is 9.84. The predicted octanol–water partition coefficient (Wildman–Crippen LogP) is 2.35. The molecule has 1 aromatic rings. The Kier molecular flexibility index (Phi) is 4.55. The highest BCUT2D eigenvalue weighted by atomic mass is 35.5. The van der Waals surface area contributed by atoms with Crippen molar-refractivity contribution in [2.45, 2.75) is 46.1 Å². The van der Waals surface area contributed by atoms with Gasteiger partial charge < -0.3 is 10.2 Å². The number of piperidine rings is 1. The molecular weight excluding hydrogens is 336 g/mol. The molecule has 2 aliphatic heterocycles.